The number of nitrogens with one attached hydrogen (secondary N) is 2. The smallest absolute Gasteiger partial charge is 0.253 e. The number of hydrogen-bond donors (Lipinski definition) is 2. The number of tetrazole rings is 1. The van der Waals surface area contributed by atoms with E-state index in [-0.39, 0.29) is 23.6 Å². The maximum absolute atomic E-state index is 12.9. The van der Waals surface area contributed by atoms with Crippen molar-refractivity contribution in [1.29, 1.82) is 0 Å². The van der Waals surface area contributed by atoms with E-state index in [1.807, 2.05) is 68.4 Å². The minimum absolute atomic E-state index is 0.0859. The molecule has 0 saturated heterocycles. The standard InChI is InChI=1S/C25H24N6O2S/c1-17-10-6-9-15-22(17)31-25(28-29-30-31)34-16-23(32)27-21-14-8-7-13-20(21)24(33)26-18(2)19-11-4-3-5-12-19/h3-15,18H,16H2,1-2H3,(H,26,33)(H,27,32)/t18-/m0/s1. The fourth-order valence-electron chi connectivity index (χ4n) is 3.43. The Kier molecular flexibility index (Phi) is 7.34. The van der Waals surface area contributed by atoms with Crippen LogP contribution in [-0.2, 0) is 4.79 Å². The third-order valence-electron chi connectivity index (χ3n) is 5.21. The molecular formula is C25H24N6O2S. The number of hydrogen-bond acceptors (Lipinski definition) is 6. The molecule has 4 rings (SSSR count). The van der Waals surface area contributed by atoms with E-state index < -0.39 is 0 Å². The zero-order valence-corrected chi connectivity index (χ0v) is 19.6. The zero-order chi connectivity index (χ0) is 23.9. The van der Waals surface area contributed by atoms with Crippen LogP contribution in [-0.4, -0.2) is 37.8 Å². The number of amides is 2. The van der Waals surface area contributed by atoms with Gasteiger partial charge < -0.3 is 10.6 Å². The maximum Gasteiger partial charge on any atom is 0.253 e. The van der Waals surface area contributed by atoms with Gasteiger partial charge in [-0.15, -0.1) is 5.10 Å². The Hall–Kier alpha value is -3.98. The first kappa shape index (κ1) is 23.2. The number of nitrogens with zero attached hydrogens (tertiary/aromatic N) is 4. The van der Waals surface area contributed by atoms with Crippen LogP contribution in [0.4, 0.5) is 5.69 Å². The lowest BCUT2D eigenvalue weighted by Crippen LogP contribution is -2.28. The first-order chi connectivity index (χ1) is 16.5. The van der Waals surface area contributed by atoms with Gasteiger partial charge in [0.1, 0.15) is 0 Å². The van der Waals surface area contributed by atoms with Crippen molar-refractivity contribution in [3.63, 3.8) is 0 Å². The van der Waals surface area contributed by atoms with Crippen molar-refractivity contribution in [3.05, 3.63) is 95.6 Å². The van der Waals surface area contributed by atoms with Crippen LogP contribution in [0.5, 0.6) is 0 Å². The number of aryl methyl sites for hydroxylation is 1. The van der Waals surface area contributed by atoms with Gasteiger partial charge >= 0.3 is 0 Å². The molecule has 0 radical (unpaired) electrons. The maximum atomic E-state index is 12.9. The molecule has 34 heavy (non-hydrogen) atoms. The Bertz CT molecular complexity index is 1290. The van der Waals surface area contributed by atoms with Crippen LogP contribution in [0.1, 0.15) is 34.5 Å². The molecule has 0 spiro atoms. The molecule has 3 aromatic carbocycles. The molecule has 1 aromatic heterocycles. The number of thioether (sulfide) groups is 1. The van der Waals surface area contributed by atoms with Crippen molar-refractivity contribution < 1.29 is 9.59 Å². The third kappa shape index (κ3) is 5.49. The summed E-state index contributed by atoms with van der Waals surface area (Å²) in [5.74, 6) is -0.438. The van der Waals surface area contributed by atoms with Crippen LogP contribution in [0.25, 0.3) is 5.69 Å². The summed E-state index contributed by atoms with van der Waals surface area (Å²) in [5.41, 5.74) is 3.72. The van der Waals surface area contributed by atoms with Gasteiger partial charge in [0.25, 0.3) is 5.91 Å². The number of rotatable bonds is 8. The average molecular weight is 473 g/mol. The largest absolute Gasteiger partial charge is 0.345 e. The highest BCUT2D eigenvalue weighted by Crippen LogP contribution is 2.22. The summed E-state index contributed by atoms with van der Waals surface area (Å²) >= 11 is 1.22. The number of carbonyl (C=O) groups is 2. The number of para-hydroxylation sites is 2. The summed E-state index contributed by atoms with van der Waals surface area (Å²) in [6, 6.07) is 24.2. The molecule has 1 heterocycles. The number of aromatic nitrogens is 4. The topological polar surface area (TPSA) is 102 Å². The van der Waals surface area contributed by atoms with Crippen molar-refractivity contribution in [3.8, 4) is 5.69 Å². The van der Waals surface area contributed by atoms with Crippen LogP contribution in [0, 0.1) is 6.92 Å². The first-order valence-corrected chi connectivity index (χ1v) is 11.7. The molecule has 0 bridgehead atoms. The van der Waals surface area contributed by atoms with Crippen molar-refractivity contribution in [2.24, 2.45) is 0 Å². The average Bonchev–Trinajstić information content (AvgIpc) is 3.32. The van der Waals surface area contributed by atoms with E-state index in [1.165, 1.54) is 11.8 Å². The monoisotopic (exact) mass is 472 g/mol. The fourth-order valence-corrected chi connectivity index (χ4v) is 4.11. The lowest BCUT2D eigenvalue weighted by Gasteiger charge is -2.16. The van der Waals surface area contributed by atoms with E-state index in [0.717, 1.165) is 16.8 Å². The summed E-state index contributed by atoms with van der Waals surface area (Å²) in [6.07, 6.45) is 0. The van der Waals surface area contributed by atoms with Crippen molar-refractivity contribution in [2.45, 2.75) is 25.0 Å². The summed E-state index contributed by atoms with van der Waals surface area (Å²) in [4.78, 5) is 25.6. The number of benzene rings is 3. The van der Waals surface area contributed by atoms with E-state index in [1.54, 1.807) is 28.9 Å². The molecule has 2 amide bonds. The highest BCUT2D eigenvalue weighted by molar-refractivity contribution is 7.99. The molecule has 1 atom stereocenters. The summed E-state index contributed by atoms with van der Waals surface area (Å²) in [6.45, 7) is 3.89. The van der Waals surface area contributed by atoms with E-state index in [0.29, 0.717) is 16.4 Å². The summed E-state index contributed by atoms with van der Waals surface area (Å²) in [7, 11) is 0. The quantitative estimate of drug-likeness (QED) is 0.373. The van der Waals surface area contributed by atoms with Crippen molar-refractivity contribution in [1.82, 2.24) is 25.5 Å². The molecule has 0 aliphatic carbocycles. The molecule has 172 valence electrons. The number of carbonyl (C=O) groups excluding carboxylic acids is 2. The predicted molar refractivity (Wildman–Crippen MR) is 132 cm³/mol. The van der Waals surface area contributed by atoms with Gasteiger partial charge in [0.2, 0.25) is 11.1 Å². The van der Waals surface area contributed by atoms with E-state index in [4.69, 9.17) is 0 Å². The van der Waals surface area contributed by atoms with Crippen LogP contribution in [0.2, 0.25) is 0 Å². The molecule has 0 fully saturated rings. The minimum Gasteiger partial charge on any atom is -0.345 e. The molecule has 0 aliphatic rings. The molecule has 0 unspecified atom stereocenters. The van der Waals surface area contributed by atoms with E-state index in [9.17, 15) is 9.59 Å². The summed E-state index contributed by atoms with van der Waals surface area (Å²) < 4.78 is 1.61. The Morgan fingerprint density at radius 2 is 1.68 bits per heavy atom. The van der Waals surface area contributed by atoms with Gasteiger partial charge in [-0.1, -0.05) is 72.4 Å². The molecule has 8 nitrogen and oxygen atoms in total. The lowest BCUT2D eigenvalue weighted by atomic mass is 10.1. The van der Waals surface area contributed by atoms with E-state index in [2.05, 4.69) is 26.2 Å². The van der Waals surface area contributed by atoms with Gasteiger partial charge in [0.15, 0.2) is 0 Å². The third-order valence-corrected chi connectivity index (χ3v) is 6.13. The van der Waals surface area contributed by atoms with Crippen molar-refractivity contribution in [2.75, 3.05) is 11.1 Å². The second kappa shape index (κ2) is 10.8. The normalized spacial score (nSPS) is 11.6. The number of anilines is 1. The zero-order valence-electron chi connectivity index (χ0n) is 18.8. The lowest BCUT2D eigenvalue weighted by molar-refractivity contribution is -0.113. The Balaban J connectivity index is 1.41. The van der Waals surface area contributed by atoms with Crippen LogP contribution < -0.4 is 10.6 Å². The minimum atomic E-state index is -0.263. The van der Waals surface area contributed by atoms with Crippen LogP contribution >= 0.6 is 11.8 Å². The molecule has 0 aliphatic heterocycles. The Morgan fingerprint density at radius 3 is 2.47 bits per heavy atom. The van der Waals surface area contributed by atoms with Gasteiger partial charge in [-0.3, -0.25) is 9.59 Å². The molecule has 4 aromatic rings. The van der Waals surface area contributed by atoms with Gasteiger partial charge in [0, 0.05) is 0 Å². The van der Waals surface area contributed by atoms with Crippen LogP contribution in [0.15, 0.2) is 84.0 Å². The highest BCUT2D eigenvalue weighted by atomic mass is 32.2. The van der Waals surface area contributed by atoms with E-state index >= 15 is 0 Å². The van der Waals surface area contributed by atoms with Crippen molar-refractivity contribution >= 4 is 29.3 Å². The van der Waals surface area contributed by atoms with Gasteiger partial charge in [0.05, 0.1) is 28.7 Å². The van der Waals surface area contributed by atoms with Gasteiger partial charge in [-0.2, -0.15) is 4.68 Å². The first-order valence-electron chi connectivity index (χ1n) is 10.7. The molecule has 0 saturated carbocycles. The Morgan fingerprint density at radius 1 is 0.971 bits per heavy atom. The molecular weight excluding hydrogens is 448 g/mol. The summed E-state index contributed by atoms with van der Waals surface area (Å²) in [5, 5.41) is 18.2. The Labute approximate surface area is 201 Å². The highest BCUT2D eigenvalue weighted by Gasteiger charge is 2.17. The predicted octanol–water partition coefficient (Wildman–Crippen LogP) is 4.19. The van der Waals surface area contributed by atoms with Gasteiger partial charge in [-0.25, -0.2) is 0 Å². The molecule has 9 heteroatoms. The van der Waals surface area contributed by atoms with Gasteiger partial charge in [-0.05, 0) is 53.6 Å². The fraction of sp³-hybridized carbons (Fsp3) is 0.160. The second-order valence-electron chi connectivity index (χ2n) is 7.65. The van der Waals surface area contributed by atoms with Crippen LogP contribution in [0.3, 0.4) is 0 Å². The molecule has 2 N–H and O–H groups in total. The SMILES string of the molecule is Cc1ccccc1-n1nnnc1SCC(=O)Nc1ccccc1C(=O)N[C@@H](C)c1ccccc1. The second-order valence-corrected chi connectivity index (χ2v) is 8.59.